The lowest BCUT2D eigenvalue weighted by molar-refractivity contribution is -0.148. The standard InChI is InChI=1S/C19H26O2S/c1-5-7-9-16(6-2)11-13-22-15-17-10-8-12-19(3,14-17)18(20)21-4/h5-10,14H,2,11-13,15H2,1,3-4H3/b7-5-,16-9+. The predicted octanol–water partition coefficient (Wildman–Crippen LogP) is 4.86. The first kappa shape index (κ1) is 18.6. The highest BCUT2D eigenvalue weighted by Gasteiger charge is 2.32. The molecule has 0 aromatic heterocycles. The molecule has 0 saturated carbocycles. The summed E-state index contributed by atoms with van der Waals surface area (Å²) in [6.07, 6.45) is 16.0. The molecule has 0 heterocycles. The van der Waals surface area contributed by atoms with E-state index in [4.69, 9.17) is 4.74 Å². The van der Waals surface area contributed by atoms with Crippen molar-refractivity contribution in [1.29, 1.82) is 0 Å². The van der Waals surface area contributed by atoms with Crippen molar-refractivity contribution in [2.75, 3.05) is 18.6 Å². The van der Waals surface area contributed by atoms with E-state index < -0.39 is 5.41 Å². The molecule has 1 unspecified atom stereocenters. The van der Waals surface area contributed by atoms with Gasteiger partial charge in [-0.2, -0.15) is 11.8 Å². The summed E-state index contributed by atoms with van der Waals surface area (Å²) in [6, 6.07) is 0. The van der Waals surface area contributed by atoms with Crippen molar-refractivity contribution in [3.05, 3.63) is 60.3 Å². The molecular formula is C19H26O2S. The van der Waals surface area contributed by atoms with E-state index in [-0.39, 0.29) is 5.97 Å². The third-order valence-corrected chi connectivity index (χ3v) is 4.63. The van der Waals surface area contributed by atoms with Gasteiger partial charge in [0.05, 0.1) is 12.5 Å². The molecule has 22 heavy (non-hydrogen) atoms. The molecule has 0 fully saturated rings. The van der Waals surface area contributed by atoms with Crippen molar-refractivity contribution >= 4 is 17.7 Å². The minimum atomic E-state index is -0.516. The van der Waals surface area contributed by atoms with Crippen molar-refractivity contribution in [3.8, 4) is 0 Å². The maximum atomic E-state index is 11.9. The normalized spacial score (nSPS) is 21.8. The molecule has 0 radical (unpaired) electrons. The van der Waals surface area contributed by atoms with Crippen molar-refractivity contribution in [2.24, 2.45) is 5.41 Å². The number of esters is 1. The van der Waals surface area contributed by atoms with E-state index in [2.05, 4.69) is 30.9 Å². The van der Waals surface area contributed by atoms with Crippen molar-refractivity contribution in [1.82, 2.24) is 0 Å². The zero-order chi connectivity index (χ0) is 16.4. The van der Waals surface area contributed by atoms with Crippen molar-refractivity contribution in [2.45, 2.75) is 26.7 Å². The number of carbonyl (C=O) groups is 1. The average Bonchev–Trinajstić information content (AvgIpc) is 2.53. The first-order valence-corrected chi connectivity index (χ1v) is 8.70. The summed E-state index contributed by atoms with van der Waals surface area (Å²) in [5.41, 5.74) is 1.93. The number of ether oxygens (including phenoxy) is 1. The Hall–Kier alpha value is -1.48. The summed E-state index contributed by atoms with van der Waals surface area (Å²) in [6.45, 7) is 7.78. The largest absolute Gasteiger partial charge is 0.468 e. The van der Waals surface area contributed by atoms with Crippen molar-refractivity contribution < 1.29 is 9.53 Å². The highest BCUT2D eigenvalue weighted by atomic mass is 32.2. The van der Waals surface area contributed by atoms with Gasteiger partial charge in [-0.05, 0) is 43.6 Å². The molecule has 0 aromatic carbocycles. The Morgan fingerprint density at radius 1 is 1.55 bits per heavy atom. The minimum Gasteiger partial charge on any atom is -0.468 e. The minimum absolute atomic E-state index is 0.164. The average molecular weight is 318 g/mol. The van der Waals surface area contributed by atoms with Gasteiger partial charge in [0.15, 0.2) is 0 Å². The number of hydrogen-bond acceptors (Lipinski definition) is 3. The lowest BCUT2D eigenvalue weighted by Gasteiger charge is -2.25. The van der Waals surface area contributed by atoms with Gasteiger partial charge in [0.1, 0.15) is 0 Å². The first-order valence-electron chi connectivity index (χ1n) is 7.54. The second-order valence-electron chi connectivity index (χ2n) is 5.51. The number of methoxy groups -OCH3 is 1. The Bertz CT molecular complexity index is 512. The summed E-state index contributed by atoms with van der Waals surface area (Å²) in [5, 5.41) is 0. The molecule has 120 valence electrons. The van der Waals surface area contributed by atoms with Crippen LogP contribution >= 0.6 is 11.8 Å². The Morgan fingerprint density at radius 3 is 2.95 bits per heavy atom. The van der Waals surface area contributed by atoms with E-state index in [1.807, 2.05) is 43.8 Å². The van der Waals surface area contributed by atoms with Gasteiger partial charge in [-0.3, -0.25) is 4.79 Å². The highest BCUT2D eigenvalue weighted by Crippen LogP contribution is 2.32. The molecule has 0 aliphatic heterocycles. The fourth-order valence-corrected chi connectivity index (χ4v) is 3.23. The third kappa shape index (κ3) is 5.72. The van der Waals surface area contributed by atoms with Gasteiger partial charge < -0.3 is 4.74 Å². The Kier molecular flexibility index (Phi) is 8.03. The molecule has 0 amide bonds. The first-order chi connectivity index (χ1) is 10.6. The van der Waals surface area contributed by atoms with E-state index in [0.717, 1.165) is 17.9 Å². The van der Waals surface area contributed by atoms with Gasteiger partial charge in [0.25, 0.3) is 0 Å². The molecule has 0 spiro atoms. The van der Waals surface area contributed by atoms with Crippen LogP contribution in [-0.2, 0) is 9.53 Å². The van der Waals surface area contributed by atoms with E-state index in [1.165, 1.54) is 18.3 Å². The smallest absolute Gasteiger partial charge is 0.315 e. The molecular weight excluding hydrogens is 292 g/mol. The Balaban J connectivity index is 2.49. The fraction of sp³-hybridized carbons (Fsp3) is 0.421. The summed E-state index contributed by atoms with van der Waals surface area (Å²) < 4.78 is 4.90. The van der Waals surface area contributed by atoms with Gasteiger partial charge in [-0.25, -0.2) is 0 Å². The van der Waals surface area contributed by atoms with Gasteiger partial charge in [-0.15, -0.1) is 0 Å². The highest BCUT2D eigenvalue weighted by molar-refractivity contribution is 7.99. The zero-order valence-corrected chi connectivity index (χ0v) is 14.6. The van der Waals surface area contributed by atoms with E-state index in [1.54, 1.807) is 0 Å². The molecule has 1 aliphatic carbocycles. The summed E-state index contributed by atoms with van der Waals surface area (Å²) in [4.78, 5) is 11.9. The summed E-state index contributed by atoms with van der Waals surface area (Å²) in [7, 11) is 1.45. The topological polar surface area (TPSA) is 26.3 Å². The maximum absolute atomic E-state index is 11.9. The molecule has 2 nitrogen and oxygen atoms in total. The second-order valence-corrected chi connectivity index (χ2v) is 6.61. The van der Waals surface area contributed by atoms with Crippen LogP contribution in [-0.4, -0.2) is 24.6 Å². The van der Waals surface area contributed by atoms with Crippen LogP contribution in [0.3, 0.4) is 0 Å². The number of allylic oxidation sites excluding steroid dienone is 7. The molecule has 0 bridgehead atoms. The maximum Gasteiger partial charge on any atom is 0.315 e. The molecule has 3 heteroatoms. The Labute approximate surface area is 138 Å². The monoisotopic (exact) mass is 318 g/mol. The van der Waals surface area contributed by atoms with Gasteiger partial charge in [0, 0.05) is 5.75 Å². The van der Waals surface area contributed by atoms with Crippen LogP contribution in [0, 0.1) is 5.41 Å². The molecule has 0 N–H and O–H groups in total. The van der Waals surface area contributed by atoms with E-state index >= 15 is 0 Å². The van der Waals surface area contributed by atoms with E-state index in [0.29, 0.717) is 6.42 Å². The summed E-state index contributed by atoms with van der Waals surface area (Å²) >= 11 is 1.87. The van der Waals surface area contributed by atoms with Crippen LogP contribution in [0.2, 0.25) is 0 Å². The molecule has 0 aromatic rings. The molecule has 1 rings (SSSR count). The van der Waals surface area contributed by atoms with Crippen LogP contribution in [0.25, 0.3) is 0 Å². The quantitative estimate of drug-likeness (QED) is 0.363. The van der Waals surface area contributed by atoms with Crippen LogP contribution in [0.1, 0.15) is 26.7 Å². The van der Waals surface area contributed by atoms with Gasteiger partial charge >= 0.3 is 5.97 Å². The van der Waals surface area contributed by atoms with Crippen LogP contribution in [0.4, 0.5) is 0 Å². The molecule has 1 aliphatic rings. The SMILES string of the molecule is C=C/C(=C\C=C/C)CCSCC1=CC(C)(C(=O)OC)CC=C1. The van der Waals surface area contributed by atoms with Gasteiger partial charge in [0.2, 0.25) is 0 Å². The number of carbonyl (C=O) groups excluding carboxylic acids is 1. The zero-order valence-electron chi connectivity index (χ0n) is 13.8. The number of rotatable bonds is 8. The lowest BCUT2D eigenvalue weighted by Crippen LogP contribution is -2.28. The van der Waals surface area contributed by atoms with E-state index in [9.17, 15) is 4.79 Å². The van der Waals surface area contributed by atoms with Crippen LogP contribution < -0.4 is 0 Å². The summed E-state index contributed by atoms with van der Waals surface area (Å²) in [5.74, 6) is 1.79. The van der Waals surface area contributed by atoms with Crippen LogP contribution in [0.5, 0.6) is 0 Å². The third-order valence-electron chi connectivity index (χ3n) is 3.60. The number of hydrogen-bond donors (Lipinski definition) is 0. The second kappa shape index (κ2) is 9.52. The Morgan fingerprint density at radius 2 is 2.32 bits per heavy atom. The van der Waals surface area contributed by atoms with Crippen molar-refractivity contribution in [3.63, 3.8) is 0 Å². The molecule has 0 saturated heterocycles. The lowest BCUT2D eigenvalue weighted by atomic mass is 9.82. The number of thioether (sulfide) groups is 1. The molecule has 1 atom stereocenters. The fourth-order valence-electron chi connectivity index (χ4n) is 2.29. The predicted molar refractivity (Wildman–Crippen MR) is 97.0 cm³/mol. The van der Waals surface area contributed by atoms with Gasteiger partial charge in [-0.1, -0.05) is 49.1 Å². The van der Waals surface area contributed by atoms with Crippen LogP contribution in [0.15, 0.2) is 60.3 Å².